The molecule has 0 amide bonds. The Morgan fingerprint density at radius 3 is 2.36 bits per heavy atom. The molecule has 0 fully saturated rings. The number of hydrogen-bond acceptors (Lipinski definition) is 1. The van der Waals surface area contributed by atoms with Gasteiger partial charge in [-0.2, -0.15) is 0 Å². The second-order valence-electron chi connectivity index (χ2n) is 5.72. The third kappa shape index (κ3) is 4.42. The minimum absolute atomic E-state index is 0.0185. The van der Waals surface area contributed by atoms with Crippen LogP contribution in [0.15, 0.2) is 67.3 Å². The molecule has 0 aliphatic heterocycles. The smallest absolute Gasteiger partial charge is 0.152 e. The molecule has 0 saturated heterocycles. The predicted molar refractivity (Wildman–Crippen MR) is 93.2 cm³/mol. The summed E-state index contributed by atoms with van der Waals surface area (Å²) in [7, 11) is 0. The zero-order chi connectivity index (χ0) is 15.8. The average Bonchev–Trinajstić information content (AvgIpc) is 2.78. The molecule has 1 aliphatic carbocycles. The number of carbonyl (C=O) groups is 1. The summed E-state index contributed by atoms with van der Waals surface area (Å²) >= 11 is 0. The summed E-state index contributed by atoms with van der Waals surface area (Å²) in [4.78, 5) is 9.69. The van der Waals surface area contributed by atoms with Crippen molar-refractivity contribution in [1.82, 2.24) is 0 Å². The van der Waals surface area contributed by atoms with Gasteiger partial charge in [-0.15, -0.1) is 0 Å². The van der Waals surface area contributed by atoms with Crippen LogP contribution in [0.5, 0.6) is 0 Å². The quantitative estimate of drug-likeness (QED) is 0.542. The van der Waals surface area contributed by atoms with Crippen LogP contribution in [0.1, 0.15) is 48.8 Å². The van der Waals surface area contributed by atoms with Crippen molar-refractivity contribution in [3.63, 3.8) is 0 Å². The molecular weight excluding hydrogens is 268 g/mol. The van der Waals surface area contributed by atoms with Crippen LogP contribution in [0, 0.1) is 0 Å². The molecule has 114 valence electrons. The zero-order valence-corrected chi connectivity index (χ0v) is 13.3. The maximum atomic E-state index is 9.69. The number of carbonyl (C=O) groups excluding carboxylic acids is 1. The van der Waals surface area contributed by atoms with Crippen LogP contribution in [-0.2, 0) is 11.2 Å². The molecule has 1 heteroatoms. The van der Waals surface area contributed by atoms with Crippen LogP contribution in [0.3, 0.4) is 0 Å². The molecule has 1 aliphatic rings. The van der Waals surface area contributed by atoms with E-state index in [1.165, 1.54) is 44.2 Å². The van der Waals surface area contributed by atoms with Crippen molar-refractivity contribution in [3.05, 3.63) is 83.9 Å². The van der Waals surface area contributed by atoms with Crippen molar-refractivity contribution in [2.24, 2.45) is 0 Å². The van der Waals surface area contributed by atoms with E-state index in [-0.39, 0.29) is 5.78 Å². The van der Waals surface area contributed by atoms with Gasteiger partial charge in [0.05, 0.1) is 0 Å². The van der Waals surface area contributed by atoms with Gasteiger partial charge in [-0.25, -0.2) is 0 Å². The van der Waals surface area contributed by atoms with Crippen LogP contribution >= 0.6 is 0 Å². The molecule has 2 aromatic rings. The van der Waals surface area contributed by atoms with E-state index in [1.54, 1.807) is 11.1 Å². The Hall–Kier alpha value is -2.15. The highest BCUT2D eigenvalue weighted by atomic mass is 16.1. The molecule has 1 atom stereocenters. The van der Waals surface area contributed by atoms with E-state index >= 15 is 0 Å². The highest BCUT2D eigenvalue weighted by Crippen LogP contribution is 2.35. The Morgan fingerprint density at radius 1 is 1.05 bits per heavy atom. The van der Waals surface area contributed by atoms with Gasteiger partial charge in [-0.1, -0.05) is 67.6 Å². The monoisotopic (exact) mass is 292 g/mol. The lowest BCUT2D eigenvalue weighted by Crippen LogP contribution is -2.01. The second-order valence-corrected chi connectivity index (χ2v) is 5.72. The SMILES string of the molecule is C=CC(C)=O.c1ccc(C2CCCCc3ccccc32)cc1. The number of aryl methyl sites for hydroxylation is 1. The van der Waals surface area contributed by atoms with Crippen molar-refractivity contribution in [2.75, 3.05) is 0 Å². The lowest BCUT2D eigenvalue weighted by Gasteiger charge is -2.18. The minimum Gasteiger partial charge on any atom is -0.295 e. The van der Waals surface area contributed by atoms with Crippen molar-refractivity contribution in [2.45, 2.75) is 38.5 Å². The van der Waals surface area contributed by atoms with Crippen LogP contribution < -0.4 is 0 Å². The first-order chi connectivity index (χ1) is 10.7. The van der Waals surface area contributed by atoms with E-state index < -0.39 is 0 Å². The van der Waals surface area contributed by atoms with E-state index in [2.05, 4.69) is 61.2 Å². The van der Waals surface area contributed by atoms with Crippen molar-refractivity contribution in [3.8, 4) is 0 Å². The number of allylic oxidation sites excluding steroid dienone is 1. The normalized spacial score (nSPS) is 16.5. The van der Waals surface area contributed by atoms with Gasteiger partial charge in [-0.3, -0.25) is 4.79 Å². The molecule has 0 heterocycles. The van der Waals surface area contributed by atoms with Crippen LogP contribution in [-0.4, -0.2) is 5.78 Å². The molecule has 22 heavy (non-hydrogen) atoms. The van der Waals surface area contributed by atoms with Gasteiger partial charge in [0.1, 0.15) is 0 Å². The maximum Gasteiger partial charge on any atom is 0.152 e. The van der Waals surface area contributed by atoms with E-state index in [1.807, 2.05) is 0 Å². The molecule has 0 saturated carbocycles. The predicted octanol–water partition coefficient (Wildman–Crippen LogP) is 5.31. The standard InChI is InChI=1S/C17H18.C4H6O/c1-2-8-14(9-3-1)16-12-6-4-10-15-11-5-7-13-17(15)16;1-3-4(2)5/h1-3,5,7-9,11,13,16H,4,6,10,12H2;3H,1H2,2H3. The largest absolute Gasteiger partial charge is 0.295 e. The molecule has 0 N–H and O–H groups in total. The second kappa shape index (κ2) is 8.33. The number of hydrogen-bond donors (Lipinski definition) is 0. The summed E-state index contributed by atoms with van der Waals surface area (Å²) in [6.45, 7) is 4.68. The Labute approximate surface area is 133 Å². The van der Waals surface area contributed by atoms with Crippen LogP contribution in [0.4, 0.5) is 0 Å². The molecule has 1 unspecified atom stereocenters. The summed E-state index contributed by atoms with van der Waals surface area (Å²) in [6.07, 6.45) is 6.50. The topological polar surface area (TPSA) is 17.1 Å². The van der Waals surface area contributed by atoms with Gasteiger partial charge in [0, 0.05) is 5.92 Å². The van der Waals surface area contributed by atoms with Gasteiger partial charge in [-0.05, 0) is 49.0 Å². The molecule has 0 spiro atoms. The fraction of sp³-hybridized carbons (Fsp3) is 0.286. The van der Waals surface area contributed by atoms with Crippen LogP contribution in [0.25, 0.3) is 0 Å². The third-order valence-corrected chi connectivity index (χ3v) is 4.11. The molecule has 1 nitrogen and oxygen atoms in total. The highest BCUT2D eigenvalue weighted by Gasteiger charge is 2.19. The van der Waals surface area contributed by atoms with Crippen LogP contribution in [0.2, 0.25) is 0 Å². The first kappa shape index (κ1) is 16.2. The Balaban J connectivity index is 0.000000309. The maximum absolute atomic E-state index is 9.69. The fourth-order valence-electron chi connectivity index (χ4n) is 2.95. The van der Waals surface area contributed by atoms with Crippen molar-refractivity contribution < 1.29 is 4.79 Å². The molecule has 3 rings (SSSR count). The zero-order valence-electron chi connectivity index (χ0n) is 13.3. The van der Waals surface area contributed by atoms with Crippen molar-refractivity contribution in [1.29, 1.82) is 0 Å². The first-order valence-corrected chi connectivity index (χ1v) is 7.98. The number of fused-ring (bicyclic) bond motifs is 1. The molecule has 0 bridgehead atoms. The van der Waals surface area contributed by atoms with E-state index in [9.17, 15) is 4.79 Å². The number of ketones is 1. The van der Waals surface area contributed by atoms with Crippen molar-refractivity contribution >= 4 is 5.78 Å². The minimum atomic E-state index is 0.0185. The lowest BCUT2D eigenvalue weighted by molar-refractivity contribution is -0.112. The lowest BCUT2D eigenvalue weighted by atomic mass is 9.87. The van der Waals surface area contributed by atoms with E-state index in [0.717, 1.165) is 0 Å². The molecular formula is C21H24O. The van der Waals surface area contributed by atoms with Gasteiger partial charge in [0.25, 0.3) is 0 Å². The average molecular weight is 292 g/mol. The van der Waals surface area contributed by atoms with E-state index in [4.69, 9.17) is 0 Å². The summed E-state index contributed by atoms with van der Waals surface area (Å²) in [5, 5.41) is 0. The van der Waals surface area contributed by atoms with Gasteiger partial charge < -0.3 is 0 Å². The summed E-state index contributed by atoms with van der Waals surface area (Å²) in [6, 6.07) is 19.9. The molecule has 0 aromatic heterocycles. The van der Waals surface area contributed by atoms with Gasteiger partial charge >= 0.3 is 0 Å². The summed E-state index contributed by atoms with van der Waals surface area (Å²) in [5.41, 5.74) is 4.58. The Kier molecular flexibility index (Phi) is 6.14. The summed E-state index contributed by atoms with van der Waals surface area (Å²) in [5.74, 6) is 0.625. The Morgan fingerprint density at radius 2 is 1.68 bits per heavy atom. The summed E-state index contributed by atoms with van der Waals surface area (Å²) < 4.78 is 0. The van der Waals surface area contributed by atoms with Gasteiger partial charge in [0.15, 0.2) is 5.78 Å². The number of rotatable bonds is 2. The van der Waals surface area contributed by atoms with Gasteiger partial charge in [0.2, 0.25) is 0 Å². The fourth-order valence-corrected chi connectivity index (χ4v) is 2.95. The third-order valence-electron chi connectivity index (χ3n) is 4.11. The molecule has 2 aromatic carbocycles. The molecule has 0 radical (unpaired) electrons. The first-order valence-electron chi connectivity index (χ1n) is 7.98. The van der Waals surface area contributed by atoms with E-state index in [0.29, 0.717) is 5.92 Å². The highest BCUT2D eigenvalue weighted by molar-refractivity contribution is 5.86. The Bertz CT molecular complexity index is 613. The number of benzene rings is 2.